The Balaban J connectivity index is 1.14. The molecule has 0 aromatic heterocycles. The Kier molecular flexibility index (Phi) is 5.00. The van der Waals surface area contributed by atoms with Gasteiger partial charge in [0.05, 0.1) is 0 Å². The summed E-state index contributed by atoms with van der Waals surface area (Å²) in [4.78, 5) is 0. The third kappa shape index (κ3) is 3.62. The van der Waals surface area contributed by atoms with Gasteiger partial charge in [-0.15, -0.1) is 0 Å². The van der Waals surface area contributed by atoms with Crippen LogP contribution in [-0.4, -0.2) is 0 Å². The Morgan fingerprint density at radius 1 is 0.286 bits per heavy atom. The van der Waals surface area contributed by atoms with Crippen molar-refractivity contribution in [1.29, 1.82) is 0 Å². The molecule has 9 rings (SSSR count). The largest absolute Gasteiger partial charge is 0.0616 e. The monoisotopic (exact) mass is 530 g/mol. The van der Waals surface area contributed by atoms with Crippen LogP contribution in [0.5, 0.6) is 0 Å². The predicted molar refractivity (Wildman–Crippen MR) is 183 cm³/mol. The van der Waals surface area contributed by atoms with E-state index in [0.29, 0.717) is 0 Å². The standard InChI is InChI=1S/C42H26/c1-2-7-31-22-27(16-18-29(31)6-1)14-15-28-17-19-33-24-34(21-20-32(33)23-28)36-25-35-10-5-12-38-37-11-3-8-30-9-4-13-39(41(30)37)40(26-36)42(35)38/h1-26H/b15-14+. The first-order valence-electron chi connectivity index (χ1n) is 14.6. The van der Waals surface area contributed by atoms with Crippen molar-refractivity contribution in [3.05, 3.63) is 157 Å². The Morgan fingerprint density at radius 2 is 0.786 bits per heavy atom. The molecule has 194 valence electrons. The Hall–Kier alpha value is -5.46. The summed E-state index contributed by atoms with van der Waals surface area (Å²) in [6.45, 7) is 0. The lowest BCUT2D eigenvalue weighted by molar-refractivity contribution is 1.67. The van der Waals surface area contributed by atoms with E-state index in [0.717, 1.165) is 0 Å². The quantitative estimate of drug-likeness (QED) is 0.121. The number of fused-ring (bicyclic) bond motifs is 4. The van der Waals surface area contributed by atoms with Crippen LogP contribution in [0, 0.1) is 0 Å². The van der Waals surface area contributed by atoms with Gasteiger partial charge in [-0.3, -0.25) is 0 Å². The molecular formula is C42H26. The number of hydrogen-bond donors (Lipinski definition) is 0. The molecule has 9 aromatic rings. The first-order valence-corrected chi connectivity index (χ1v) is 14.6. The smallest absolute Gasteiger partial charge is 0.00259 e. The third-order valence-electron chi connectivity index (χ3n) is 8.90. The molecule has 0 saturated carbocycles. The number of hydrogen-bond acceptors (Lipinski definition) is 0. The van der Waals surface area contributed by atoms with Gasteiger partial charge in [0, 0.05) is 0 Å². The molecule has 0 fully saturated rings. The highest BCUT2D eigenvalue weighted by Gasteiger charge is 2.14. The summed E-state index contributed by atoms with van der Waals surface area (Å²) in [5, 5.41) is 15.7. The number of benzene rings is 9. The molecule has 0 nitrogen and oxygen atoms in total. The predicted octanol–water partition coefficient (Wildman–Crippen LogP) is 11.9. The van der Waals surface area contributed by atoms with Gasteiger partial charge in [0.15, 0.2) is 0 Å². The second-order valence-electron chi connectivity index (χ2n) is 11.4. The summed E-state index contributed by atoms with van der Waals surface area (Å²) in [7, 11) is 0. The lowest BCUT2D eigenvalue weighted by atomic mass is 9.87. The summed E-state index contributed by atoms with van der Waals surface area (Å²) in [6.07, 6.45) is 4.41. The van der Waals surface area contributed by atoms with Gasteiger partial charge in [0.2, 0.25) is 0 Å². The summed E-state index contributed by atoms with van der Waals surface area (Å²) < 4.78 is 0. The van der Waals surface area contributed by atoms with Crippen molar-refractivity contribution in [2.24, 2.45) is 0 Å². The van der Waals surface area contributed by atoms with E-state index in [1.54, 1.807) is 0 Å². The minimum absolute atomic E-state index is 1.21. The molecule has 0 spiro atoms. The maximum atomic E-state index is 2.40. The second kappa shape index (κ2) is 9.03. The Bertz CT molecular complexity index is 2510. The summed E-state index contributed by atoms with van der Waals surface area (Å²) in [5.74, 6) is 0. The van der Waals surface area contributed by atoms with Crippen molar-refractivity contribution in [3.8, 4) is 11.1 Å². The molecule has 0 aliphatic heterocycles. The van der Waals surface area contributed by atoms with E-state index in [4.69, 9.17) is 0 Å². The summed E-state index contributed by atoms with van der Waals surface area (Å²) in [6, 6.07) is 53.6. The molecule has 0 saturated heterocycles. The first kappa shape index (κ1) is 23.3. The Labute approximate surface area is 244 Å². The topological polar surface area (TPSA) is 0 Å². The van der Waals surface area contributed by atoms with Crippen molar-refractivity contribution in [2.75, 3.05) is 0 Å². The van der Waals surface area contributed by atoms with Gasteiger partial charge in [-0.1, -0.05) is 127 Å². The van der Waals surface area contributed by atoms with Crippen LogP contribution >= 0.6 is 0 Å². The van der Waals surface area contributed by atoms with Crippen LogP contribution in [0.3, 0.4) is 0 Å². The SMILES string of the molecule is C(=C\c1ccc2cc(-c3cc4cccc5c6cccc7cccc(c(c3)c45)c76)ccc2c1)/c1ccc2ccccc2c1. The molecule has 42 heavy (non-hydrogen) atoms. The van der Waals surface area contributed by atoms with Gasteiger partial charge in [-0.05, 0) is 117 Å². The fourth-order valence-electron chi connectivity index (χ4n) is 6.87. The summed E-state index contributed by atoms with van der Waals surface area (Å²) in [5.41, 5.74) is 4.92. The minimum Gasteiger partial charge on any atom is -0.0616 e. The van der Waals surface area contributed by atoms with Gasteiger partial charge in [0.25, 0.3) is 0 Å². The van der Waals surface area contributed by atoms with E-state index >= 15 is 0 Å². The van der Waals surface area contributed by atoms with E-state index in [1.165, 1.54) is 86.9 Å². The van der Waals surface area contributed by atoms with E-state index < -0.39 is 0 Å². The second-order valence-corrected chi connectivity index (χ2v) is 11.4. The highest BCUT2D eigenvalue weighted by molar-refractivity contribution is 6.33. The van der Waals surface area contributed by atoms with Gasteiger partial charge in [-0.2, -0.15) is 0 Å². The molecular weight excluding hydrogens is 504 g/mol. The van der Waals surface area contributed by atoms with Gasteiger partial charge in [0.1, 0.15) is 0 Å². The van der Waals surface area contributed by atoms with Crippen LogP contribution in [0.2, 0.25) is 0 Å². The zero-order chi connectivity index (χ0) is 27.6. The van der Waals surface area contributed by atoms with Crippen LogP contribution in [0.15, 0.2) is 146 Å². The van der Waals surface area contributed by atoms with Crippen LogP contribution in [-0.2, 0) is 0 Å². The van der Waals surface area contributed by atoms with E-state index in [1.807, 2.05) is 0 Å². The fourth-order valence-corrected chi connectivity index (χ4v) is 6.87. The molecule has 0 bridgehead atoms. The van der Waals surface area contributed by atoms with Gasteiger partial charge >= 0.3 is 0 Å². The van der Waals surface area contributed by atoms with E-state index in [-0.39, 0.29) is 0 Å². The molecule has 0 amide bonds. The molecule has 0 heterocycles. The highest BCUT2D eigenvalue weighted by Crippen LogP contribution is 2.42. The lowest BCUT2D eigenvalue weighted by Gasteiger charge is -2.16. The molecule has 0 heteroatoms. The zero-order valence-electron chi connectivity index (χ0n) is 23.0. The van der Waals surface area contributed by atoms with Crippen molar-refractivity contribution >= 4 is 76.8 Å². The van der Waals surface area contributed by atoms with Crippen molar-refractivity contribution < 1.29 is 0 Å². The first-order chi connectivity index (χ1) is 20.8. The van der Waals surface area contributed by atoms with Crippen LogP contribution in [0.4, 0.5) is 0 Å². The van der Waals surface area contributed by atoms with Gasteiger partial charge in [-0.25, -0.2) is 0 Å². The number of rotatable bonds is 3. The lowest BCUT2D eigenvalue weighted by Crippen LogP contribution is -1.88. The van der Waals surface area contributed by atoms with E-state index in [2.05, 4.69) is 158 Å². The third-order valence-corrected chi connectivity index (χ3v) is 8.90. The van der Waals surface area contributed by atoms with Gasteiger partial charge < -0.3 is 0 Å². The zero-order valence-corrected chi connectivity index (χ0v) is 23.0. The van der Waals surface area contributed by atoms with Crippen LogP contribution in [0.25, 0.3) is 87.9 Å². The van der Waals surface area contributed by atoms with Crippen molar-refractivity contribution in [3.63, 3.8) is 0 Å². The molecule has 0 unspecified atom stereocenters. The maximum Gasteiger partial charge on any atom is -0.00259 e. The normalized spacial score (nSPS) is 12.2. The molecule has 0 N–H and O–H groups in total. The average molecular weight is 531 g/mol. The molecule has 0 aliphatic rings. The highest BCUT2D eigenvalue weighted by atomic mass is 14.2. The maximum absolute atomic E-state index is 2.40. The molecule has 0 atom stereocenters. The van der Waals surface area contributed by atoms with Crippen molar-refractivity contribution in [1.82, 2.24) is 0 Å². The average Bonchev–Trinajstić information content (AvgIpc) is 3.05. The van der Waals surface area contributed by atoms with Crippen LogP contribution in [0.1, 0.15) is 11.1 Å². The van der Waals surface area contributed by atoms with Crippen molar-refractivity contribution in [2.45, 2.75) is 0 Å². The molecule has 0 aliphatic carbocycles. The minimum atomic E-state index is 1.21. The molecule has 9 aromatic carbocycles. The molecule has 0 radical (unpaired) electrons. The van der Waals surface area contributed by atoms with E-state index in [9.17, 15) is 0 Å². The Morgan fingerprint density at radius 3 is 1.52 bits per heavy atom. The van der Waals surface area contributed by atoms with Crippen LogP contribution < -0.4 is 0 Å². The summed E-state index contributed by atoms with van der Waals surface area (Å²) >= 11 is 0. The fraction of sp³-hybridized carbons (Fsp3) is 0.